The molecule has 1 heterocycles. The summed E-state index contributed by atoms with van der Waals surface area (Å²) in [5.74, 6) is -1.09. The van der Waals surface area contributed by atoms with Gasteiger partial charge in [-0.3, -0.25) is 9.59 Å². The SMILES string of the molecule is O=C(O)[C@@H]1CN(C(=O)C2CCCC2)C[C@H]1c1ccccc1. The lowest BCUT2D eigenvalue weighted by Crippen LogP contribution is -2.34. The highest BCUT2D eigenvalue weighted by Crippen LogP contribution is 2.35. The van der Waals surface area contributed by atoms with E-state index in [0.717, 1.165) is 31.2 Å². The van der Waals surface area contributed by atoms with Crippen LogP contribution in [0.2, 0.25) is 0 Å². The van der Waals surface area contributed by atoms with Crippen molar-refractivity contribution < 1.29 is 14.7 Å². The maximum atomic E-state index is 12.5. The predicted molar refractivity (Wildman–Crippen MR) is 78.8 cm³/mol. The fourth-order valence-electron chi connectivity index (χ4n) is 3.70. The molecule has 1 aliphatic heterocycles. The molecule has 2 atom stereocenters. The number of aliphatic carboxylic acids is 1. The number of carboxylic acids is 1. The molecule has 0 unspecified atom stereocenters. The van der Waals surface area contributed by atoms with Crippen molar-refractivity contribution in [2.45, 2.75) is 31.6 Å². The standard InChI is InChI=1S/C17H21NO3/c19-16(13-8-4-5-9-13)18-10-14(15(11-18)17(20)21)12-6-2-1-3-7-12/h1-3,6-7,13-15H,4-5,8-11H2,(H,20,21)/t14-,15+/m0/s1. The van der Waals surface area contributed by atoms with Crippen LogP contribution in [0, 0.1) is 11.8 Å². The number of hydrogen-bond donors (Lipinski definition) is 1. The van der Waals surface area contributed by atoms with Crippen LogP contribution in [0.1, 0.15) is 37.2 Å². The van der Waals surface area contributed by atoms with E-state index in [4.69, 9.17) is 0 Å². The molecule has 1 aliphatic carbocycles. The molecule has 112 valence electrons. The van der Waals surface area contributed by atoms with Crippen molar-refractivity contribution in [3.63, 3.8) is 0 Å². The summed E-state index contributed by atoms with van der Waals surface area (Å²) in [5.41, 5.74) is 1.02. The number of nitrogens with zero attached hydrogens (tertiary/aromatic N) is 1. The van der Waals surface area contributed by atoms with E-state index in [0.29, 0.717) is 13.1 Å². The van der Waals surface area contributed by atoms with Gasteiger partial charge in [0.05, 0.1) is 5.92 Å². The average molecular weight is 287 g/mol. The molecule has 1 aromatic carbocycles. The van der Waals surface area contributed by atoms with E-state index in [2.05, 4.69) is 0 Å². The van der Waals surface area contributed by atoms with Gasteiger partial charge >= 0.3 is 5.97 Å². The van der Waals surface area contributed by atoms with Crippen LogP contribution < -0.4 is 0 Å². The van der Waals surface area contributed by atoms with Crippen molar-refractivity contribution in [3.05, 3.63) is 35.9 Å². The third kappa shape index (κ3) is 2.80. The second-order valence-electron chi connectivity index (χ2n) is 6.19. The van der Waals surface area contributed by atoms with E-state index in [1.165, 1.54) is 0 Å². The molecule has 3 rings (SSSR count). The fourth-order valence-corrected chi connectivity index (χ4v) is 3.70. The Morgan fingerprint density at radius 2 is 1.71 bits per heavy atom. The third-order valence-electron chi connectivity index (χ3n) is 4.88. The van der Waals surface area contributed by atoms with Gasteiger partial charge in [0.2, 0.25) is 5.91 Å². The van der Waals surface area contributed by atoms with Gasteiger partial charge in [0.1, 0.15) is 0 Å². The molecule has 1 amide bonds. The Morgan fingerprint density at radius 1 is 1.05 bits per heavy atom. The monoisotopic (exact) mass is 287 g/mol. The van der Waals surface area contributed by atoms with Gasteiger partial charge in [0.25, 0.3) is 0 Å². The second kappa shape index (κ2) is 5.88. The summed E-state index contributed by atoms with van der Waals surface area (Å²) in [6, 6.07) is 9.70. The van der Waals surface area contributed by atoms with Gasteiger partial charge in [-0.05, 0) is 18.4 Å². The van der Waals surface area contributed by atoms with Gasteiger partial charge in [0, 0.05) is 24.9 Å². The zero-order valence-electron chi connectivity index (χ0n) is 12.1. The largest absolute Gasteiger partial charge is 0.481 e. The number of amides is 1. The number of rotatable bonds is 3. The summed E-state index contributed by atoms with van der Waals surface area (Å²) in [6.07, 6.45) is 4.16. The average Bonchev–Trinajstić information content (AvgIpc) is 3.17. The summed E-state index contributed by atoms with van der Waals surface area (Å²) in [5, 5.41) is 9.47. The van der Waals surface area contributed by atoms with Crippen LogP contribution in [0.15, 0.2) is 30.3 Å². The lowest BCUT2D eigenvalue weighted by molar-refractivity contribution is -0.142. The minimum atomic E-state index is -0.800. The Bertz CT molecular complexity index is 522. The second-order valence-corrected chi connectivity index (χ2v) is 6.19. The van der Waals surface area contributed by atoms with Crippen molar-refractivity contribution in [2.75, 3.05) is 13.1 Å². The van der Waals surface area contributed by atoms with Gasteiger partial charge < -0.3 is 10.0 Å². The lowest BCUT2D eigenvalue weighted by Gasteiger charge is -2.20. The van der Waals surface area contributed by atoms with Crippen LogP contribution in [-0.4, -0.2) is 35.0 Å². The molecule has 1 N–H and O–H groups in total. The first-order valence-corrected chi connectivity index (χ1v) is 7.73. The Hall–Kier alpha value is -1.84. The first kappa shape index (κ1) is 14.1. The number of likely N-dealkylation sites (tertiary alicyclic amines) is 1. The molecular formula is C17H21NO3. The van der Waals surface area contributed by atoms with Crippen molar-refractivity contribution in [2.24, 2.45) is 11.8 Å². The van der Waals surface area contributed by atoms with Crippen molar-refractivity contribution in [3.8, 4) is 0 Å². The molecule has 1 saturated heterocycles. The Kier molecular flexibility index (Phi) is 3.95. The summed E-state index contributed by atoms with van der Waals surface area (Å²) >= 11 is 0. The molecular weight excluding hydrogens is 266 g/mol. The molecule has 0 bridgehead atoms. The molecule has 2 fully saturated rings. The van der Waals surface area contributed by atoms with Crippen molar-refractivity contribution >= 4 is 11.9 Å². The highest BCUT2D eigenvalue weighted by atomic mass is 16.4. The summed E-state index contributed by atoms with van der Waals surface area (Å²) < 4.78 is 0. The van der Waals surface area contributed by atoms with E-state index in [-0.39, 0.29) is 17.7 Å². The highest BCUT2D eigenvalue weighted by molar-refractivity contribution is 5.81. The number of carbonyl (C=O) groups excluding carboxylic acids is 1. The van der Waals surface area contributed by atoms with E-state index in [9.17, 15) is 14.7 Å². The smallest absolute Gasteiger partial charge is 0.308 e. The molecule has 4 nitrogen and oxygen atoms in total. The molecule has 4 heteroatoms. The van der Waals surface area contributed by atoms with Gasteiger partial charge in [-0.25, -0.2) is 0 Å². The maximum Gasteiger partial charge on any atom is 0.308 e. The molecule has 0 spiro atoms. The molecule has 1 aromatic rings. The van der Waals surface area contributed by atoms with Gasteiger partial charge in [0.15, 0.2) is 0 Å². The van der Waals surface area contributed by atoms with E-state index in [1.54, 1.807) is 4.90 Å². The molecule has 1 saturated carbocycles. The highest BCUT2D eigenvalue weighted by Gasteiger charge is 2.42. The Balaban J connectivity index is 1.78. The van der Waals surface area contributed by atoms with E-state index < -0.39 is 11.9 Å². The summed E-state index contributed by atoms with van der Waals surface area (Å²) in [7, 11) is 0. The summed E-state index contributed by atoms with van der Waals surface area (Å²) in [4.78, 5) is 25.8. The number of carbonyl (C=O) groups is 2. The van der Waals surface area contributed by atoms with Gasteiger partial charge in [-0.2, -0.15) is 0 Å². The Labute approximate surface area is 124 Å². The third-order valence-corrected chi connectivity index (χ3v) is 4.88. The van der Waals surface area contributed by atoms with E-state index in [1.807, 2.05) is 30.3 Å². The van der Waals surface area contributed by atoms with Crippen LogP contribution >= 0.6 is 0 Å². The first-order valence-electron chi connectivity index (χ1n) is 7.73. The van der Waals surface area contributed by atoms with Crippen molar-refractivity contribution in [1.82, 2.24) is 4.90 Å². The van der Waals surface area contributed by atoms with Crippen LogP contribution in [0.5, 0.6) is 0 Å². The zero-order valence-corrected chi connectivity index (χ0v) is 12.1. The van der Waals surface area contributed by atoms with Crippen LogP contribution in [0.25, 0.3) is 0 Å². The fraction of sp³-hybridized carbons (Fsp3) is 0.529. The van der Waals surface area contributed by atoms with Crippen LogP contribution in [0.4, 0.5) is 0 Å². The quantitative estimate of drug-likeness (QED) is 0.929. The van der Waals surface area contributed by atoms with E-state index >= 15 is 0 Å². The predicted octanol–water partition coefficient (Wildman–Crippen LogP) is 2.50. The maximum absolute atomic E-state index is 12.5. The zero-order chi connectivity index (χ0) is 14.8. The number of benzene rings is 1. The minimum Gasteiger partial charge on any atom is -0.481 e. The first-order chi connectivity index (χ1) is 10.2. The van der Waals surface area contributed by atoms with Gasteiger partial charge in [-0.15, -0.1) is 0 Å². The molecule has 0 aromatic heterocycles. The van der Waals surface area contributed by atoms with Crippen LogP contribution in [-0.2, 0) is 9.59 Å². The van der Waals surface area contributed by atoms with Crippen LogP contribution in [0.3, 0.4) is 0 Å². The minimum absolute atomic E-state index is 0.0888. The molecule has 21 heavy (non-hydrogen) atoms. The number of hydrogen-bond acceptors (Lipinski definition) is 2. The molecule has 0 radical (unpaired) electrons. The van der Waals surface area contributed by atoms with Crippen molar-refractivity contribution in [1.29, 1.82) is 0 Å². The Morgan fingerprint density at radius 3 is 2.33 bits per heavy atom. The normalized spacial score (nSPS) is 26.2. The lowest BCUT2D eigenvalue weighted by atomic mass is 9.89. The molecule has 2 aliphatic rings. The number of carboxylic acid groups (broad SMARTS) is 1. The summed E-state index contributed by atoms with van der Waals surface area (Å²) in [6.45, 7) is 0.889. The van der Waals surface area contributed by atoms with Gasteiger partial charge in [-0.1, -0.05) is 43.2 Å². The topological polar surface area (TPSA) is 57.6 Å².